The molecular weight excluding hydrogens is 526 g/mol. The lowest BCUT2D eigenvalue weighted by molar-refractivity contribution is -0.404. The predicted octanol–water partition coefficient (Wildman–Crippen LogP) is 8.91. The van der Waals surface area contributed by atoms with Gasteiger partial charge in [-0.1, -0.05) is 106 Å². The van der Waals surface area contributed by atoms with E-state index in [1.165, 1.54) is 0 Å². The molecule has 0 spiro atoms. The number of hydrogen-bond donors (Lipinski definition) is 0. The third kappa shape index (κ3) is 4.14. The van der Waals surface area contributed by atoms with Crippen LogP contribution in [0.15, 0.2) is 97.6 Å². The maximum absolute atomic E-state index is 14.3. The summed E-state index contributed by atoms with van der Waals surface area (Å²) in [5.74, 6) is -1.47. The van der Waals surface area contributed by atoms with Crippen molar-refractivity contribution in [3.05, 3.63) is 114 Å². The number of rotatable bonds is 6. The van der Waals surface area contributed by atoms with Crippen LogP contribution >= 0.6 is 0 Å². The predicted molar refractivity (Wildman–Crippen MR) is 167 cm³/mol. The number of anilines is 1. The average molecular weight is 570 g/mol. The first-order valence-corrected chi connectivity index (χ1v) is 17.3. The topological polar surface area (TPSA) is 48.0 Å². The van der Waals surface area contributed by atoms with Crippen molar-refractivity contribution in [3.8, 4) is 0 Å². The zero-order valence-electron chi connectivity index (χ0n) is 25.7. The van der Waals surface area contributed by atoms with Gasteiger partial charge in [0.05, 0.1) is 5.69 Å². The van der Waals surface area contributed by atoms with Gasteiger partial charge in [0.15, 0.2) is 8.32 Å². The van der Waals surface area contributed by atoms with Crippen LogP contribution in [0.1, 0.15) is 64.7 Å². The zero-order chi connectivity index (χ0) is 29.9. The summed E-state index contributed by atoms with van der Waals surface area (Å²) in [6, 6.07) is 28.6. The summed E-state index contributed by atoms with van der Waals surface area (Å²) >= 11 is 0. The Morgan fingerprint density at radius 1 is 0.878 bits per heavy atom. The molecule has 3 aromatic carbocycles. The minimum absolute atomic E-state index is 0.156. The summed E-state index contributed by atoms with van der Waals surface area (Å²) in [4.78, 5) is 16.0. The van der Waals surface area contributed by atoms with Gasteiger partial charge in [0.25, 0.3) is 5.91 Å². The molecule has 6 heteroatoms. The number of para-hydroxylation sites is 1. The molecule has 0 saturated carbocycles. The molecular formula is C35H43NO4Si. The number of ether oxygens (including phenoxy) is 2. The molecule has 41 heavy (non-hydrogen) atoms. The Balaban J connectivity index is 1.90. The first kappa shape index (κ1) is 29.3. The van der Waals surface area contributed by atoms with Crippen LogP contribution in [0.5, 0.6) is 0 Å². The van der Waals surface area contributed by atoms with Gasteiger partial charge in [0.1, 0.15) is 16.6 Å². The van der Waals surface area contributed by atoms with Gasteiger partial charge >= 0.3 is 6.09 Å². The Morgan fingerprint density at radius 3 is 1.88 bits per heavy atom. The lowest BCUT2D eigenvalue weighted by Gasteiger charge is -2.69. The fraction of sp³-hybridized carbons (Fsp3) is 0.400. The highest BCUT2D eigenvalue weighted by Crippen LogP contribution is 2.75. The Hall–Kier alpha value is -3.19. The van der Waals surface area contributed by atoms with Crippen molar-refractivity contribution in [2.45, 2.75) is 88.6 Å². The molecule has 2 heterocycles. The van der Waals surface area contributed by atoms with Crippen LogP contribution in [0.4, 0.5) is 10.5 Å². The molecule has 2 aliphatic rings. The van der Waals surface area contributed by atoms with E-state index < -0.39 is 36.9 Å². The molecule has 0 aliphatic carbocycles. The van der Waals surface area contributed by atoms with E-state index in [9.17, 15) is 4.79 Å². The van der Waals surface area contributed by atoms with Crippen LogP contribution in [0.2, 0.25) is 18.1 Å². The molecule has 1 amide bonds. The minimum Gasteiger partial charge on any atom is -0.443 e. The van der Waals surface area contributed by atoms with Crippen molar-refractivity contribution in [2.24, 2.45) is 0 Å². The van der Waals surface area contributed by atoms with Gasteiger partial charge in [-0.25, -0.2) is 9.69 Å². The number of carbonyl (C=O) groups is 1. The molecule has 2 atom stereocenters. The van der Waals surface area contributed by atoms with E-state index in [4.69, 9.17) is 13.9 Å². The molecule has 3 aromatic rings. The van der Waals surface area contributed by atoms with Gasteiger partial charge in [-0.3, -0.25) is 0 Å². The first-order chi connectivity index (χ1) is 19.2. The van der Waals surface area contributed by atoms with E-state index in [0.29, 0.717) is 6.42 Å². The van der Waals surface area contributed by atoms with Crippen molar-refractivity contribution in [3.63, 3.8) is 0 Å². The van der Waals surface area contributed by atoms with E-state index in [1.54, 1.807) is 4.90 Å². The molecule has 1 saturated heterocycles. The third-order valence-electron chi connectivity index (χ3n) is 8.92. The first-order valence-electron chi connectivity index (χ1n) is 14.4. The maximum atomic E-state index is 14.3. The van der Waals surface area contributed by atoms with Crippen LogP contribution in [0.3, 0.4) is 0 Å². The van der Waals surface area contributed by atoms with Gasteiger partial charge in [-0.05, 0) is 68.1 Å². The summed E-state index contributed by atoms with van der Waals surface area (Å²) in [6.07, 6.45) is 1.94. The van der Waals surface area contributed by atoms with Gasteiger partial charge in [-0.15, -0.1) is 6.58 Å². The van der Waals surface area contributed by atoms with Crippen molar-refractivity contribution >= 4 is 20.1 Å². The largest absolute Gasteiger partial charge is 0.443 e. The second-order valence-corrected chi connectivity index (χ2v) is 18.4. The summed E-state index contributed by atoms with van der Waals surface area (Å²) in [7, 11) is -2.57. The normalized spacial score (nSPS) is 23.3. The molecule has 1 fully saturated rings. The van der Waals surface area contributed by atoms with Crippen LogP contribution in [0.25, 0.3) is 0 Å². The molecule has 0 N–H and O–H groups in total. The Kier molecular flexibility index (Phi) is 6.92. The van der Waals surface area contributed by atoms with E-state index in [0.717, 1.165) is 22.4 Å². The van der Waals surface area contributed by atoms with Crippen molar-refractivity contribution in [2.75, 3.05) is 4.90 Å². The summed E-state index contributed by atoms with van der Waals surface area (Å²) < 4.78 is 20.9. The molecule has 0 unspecified atom stereocenters. The Labute approximate surface area is 246 Å². The van der Waals surface area contributed by atoms with Crippen LogP contribution in [-0.4, -0.2) is 25.9 Å². The maximum Gasteiger partial charge on any atom is 0.419 e. The van der Waals surface area contributed by atoms with Crippen molar-refractivity contribution < 1.29 is 18.7 Å². The lowest BCUT2D eigenvalue weighted by Crippen LogP contribution is -2.83. The van der Waals surface area contributed by atoms with Gasteiger partial charge in [-0.2, -0.15) is 0 Å². The average Bonchev–Trinajstić information content (AvgIpc) is 3.07. The fourth-order valence-electron chi connectivity index (χ4n) is 6.24. The number of allylic oxidation sites excluding steroid dienone is 1. The quantitative estimate of drug-likeness (QED) is 0.220. The molecule has 5 nitrogen and oxygen atoms in total. The molecule has 5 rings (SSSR count). The summed E-state index contributed by atoms with van der Waals surface area (Å²) in [5.41, 5.74) is 1.13. The summed E-state index contributed by atoms with van der Waals surface area (Å²) in [6.45, 7) is 20.9. The molecule has 216 valence electrons. The van der Waals surface area contributed by atoms with Gasteiger partial charge < -0.3 is 13.9 Å². The van der Waals surface area contributed by atoms with E-state index in [1.807, 2.05) is 81.4 Å². The fourth-order valence-corrected chi connectivity index (χ4v) is 7.55. The monoisotopic (exact) mass is 569 g/mol. The number of benzene rings is 3. The van der Waals surface area contributed by atoms with Gasteiger partial charge in [0.2, 0.25) is 0 Å². The Bertz CT molecular complexity index is 1400. The molecule has 0 bridgehead atoms. The molecule has 0 aromatic heterocycles. The highest BCUT2D eigenvalue weighted by atomic mass is 28.4. The van der Waals surface area contributed by atoms with E-state index in [2.05, 4.69) is 70.8 Å². The van der Waals surface area contributed by atoms with E-state index >= 15 is 0 Å². The highest BCUT2D eigenvalue weighted by Gasteiger charge is 2.85. The number of hydrogen-bond acceptors (Lipinski definition) is 4. The highest BCUT2D eigenvalue weighted by molar-refractivity contribution is 6.74. The Morgan fingerprint density at radius 2 is 1.39 bits per heavy atom. The second kappa shape index (κ2) is 9.68. The number of amides is 1. The van der Waals surface area contributed by atoms with Crippen molar-refractivity contribution in [1.29, 1.82) is 0 Å². The molecule has 2 aliphatic heterocycles. The third-order valence-corrected chi connectivity index (χ3v) is 13.3. The lowest BCUT2D eigenvalue weighted by atomic mass is 9.54. The van der Waals surface area contributed by atoms with Crippen LogP contribution in [0, 0.1) is 0 Å². The number of nitrogens with zero attached hydrogens (tertiary/aromatic N) is 1. The molecule has 0 radical (unpaired) electrons. The standard InChI is InChI=1S/C35H43NO4Si/c1-10-25-33-28-23-17-18-24-29(28)36(30(37)38-31(2,3)4)35(33,40-41(8,9)32(5,6)7)39-34(33,26-19-13-11-14-20-26)27-21-15-12-16-22-27/h10-24H,1,25H2,2-9H3/t33-,35-/m0/s1. The SMILES string of the molecule is C=CC[C@@]12c3ccccc3N(C(=O)OC(C)(C)C)[C@]1(O[Si](C)(C)C(C)(C)C)OC2(c1ccccc1)c1ccccc1. The van der Waals surface area contributed by atoms with E-state index in [-0.39, 0.29) is 5.04 Å². The summed E-state index contributed by atoms with van der Waals surface area (Å²) in [5, 5.41) is -0.156. The van der Waals surface area contributed by atoms with Crippen LogP contribution in [-0.2, 0) is 24.9 Å². The zero-order valence-corrected chi connectivity index (χ0v) is 26.7. The number of fused-ring (bicyclic) bond motifs is 3. The minimum atomic E-state index is -2.57. The van der Waals surface area contributed by atoms with Crippen LogP contribution < -0.4 is 4.90 Å². The smallest absolute Gasteiger partial charge is 0.419 e. The second-order valence-electron chi connectivity index (χ2n) is 13.7. The van der Waals surface area contributed by atoms with Crippen molar-refractivity contribution in [1.82, 2.24) is 0 Å². The number of carbonyl (C=O) groups excluding carboxylic acids is 1. The van der Waals surface area contributed by atoms with Gasteiger partial charge in [0, 0.05) is 0 Å².